The Bertz CT molecular complexity index is 115. The van der Waals surface area contributed by atoms with E-state index in [2.05, 4.69) is 0 Å². The maximum atomic E-state index is 10.3. The minimum Gasteiger partial charge on any atom is -0.412 e. The molecule has 0 amide bonds. The molecule has 1 fully saturated rings. The fraction of sp³-hybridized carbons (Fsp3) is 0.917. The molecule has 2 N–H and O–H groups in total. The molecule has 0 unspecified atom stereocenters. The highest BCUT2D eigenvalue weighted by Gasteiger charge is 1.95. The maximum Gasteiger partial charge on any atom is 0.130 e. The topological polar surface area (TPSA) is 48.6 Å². The lowest BCUT2D eigenvalue weighted by Gasteiger charge is -2.05. The molecular formula is C12H26O2. The van der Waals surface area contributed by atoms with Crippen LogP contribution in [0.3, 0.4) is 0 Å². The Balaban J connectivity index is 0. The number of hydrogen-bond acceptors (Lipinski definition) is 1. The van der Waals surface area contributed by atoms with Gasteiger partial charge in [0.25, 0.3) is 0 Å². The van der Waals surface area contributed by atoms with Crippen LogP contribution in [0.5, 0.6) is 0 Å². The number of ketones is 1. The van der Waals surface area contributed by atoms with Crippen LogP contribution in [-0.4, -0.2) is 11.3 Å². The minimum absolute atomic E-state index is 0. The van der Waals surface area contributed by atoms with Crippen molar-refractivity contribution in [1.82, 2.24) is 0 Å². The van der Waals surface area contributed by atoms with Crippen LogP contribution in [0.4, 0.5) is 0 Å². The highest BCUT2D eigenvalue weighted by Crippen LogP contribution is 2.15. The van der Waals surface area contributed by atoms with Gasteiger partial charge in [-0.2, -0.15) is 0 Å². The first-order chi connectivity index (χ1) is 6.13. The zero-order valence-electron chi connectivity index (χ0n) is 9.94. The van der Waals surface area contributed by atoms with Crippen molar-refractivity contribution in [2.45, 2.75) is 65.7 Å². The van der Waals surface area contributed by atoms with Gasteiger partial charge in [-0.3, -0.25) is 0 Å². The van der Waals surface area contributed by atoms with Crippen molar-refractivity contribution in [1.29, 1.82) is 0 Å². The summed E-state index contributed by atoms with van der Waals surface area (Å²) in [6.45, 7) is 5.71. The summed E-state index contributed by atoms with van der Waals surface area (Å²) >= 11 is 0. The summed E-state index contributed by atoms with van der Waals surface area (Å²) in [4.78, 5) is 10.3. The van der Waals surface area contributed by atoms with E-state index >= 15 is 0 Å². The third-order valence-electron chi connectivity index (χ3n) is 2.20. The molecule has 14 heavy (non-hydrogen) atoms. The van der Waals surface area contributed by atoms with Crippen molar-refractivity contribution in [3.8, 4) is 0 Å². The van der Waals surface area contributed by atoms with Gasteiger partial charge in [0.2, 0.25) is 0 Å². The normalized spacial score (nSPS) is 15.1. The third-order valence-corrected chi connectivity index (χ3v) is 2.20. The van der Waals surface area contributed by atoms with E-state index in [4.69, 9.17) is 0 Å². The van der Waals surface area contributed by atoms with Gasteiger partial charge in [0.05, 0.1) is 0 Å². The molecule has 0 atom stereocenters. The number of Topliss-reactive ketones (excluding diaryl/α,β-unsaturated/α-hetero) is 1. The van der Waals surface area contributed by atoms with Crippen molar-refractivity contribution in [3.63, 3.8) is 0 Å². The van der Waals surface area contributed by atoms with Crippen LogP contribution in [0.2, 0.25) is 0 Å². The van der Waals surface area contributed by atoms with Gasteiger partial charge in [-0.05, 0) is 12.8 Å². The number of carbonyl (C=O) groups excluding carboxylic acids is 1. The van der Waals surface area contributed by atoms with Crippen molar-refractivity contribution in [2.75, 3.05) is 0 Å². The lowest BCUT2D eigenvalue weighted by molar-refractivity contribution is -0.117. The largest absolute Gasteiger partial charge is 0.412 e. The highest BCUT2D eigenvalue weighted by molar-refractivity contribution is 5.75. The molecule has 1 rings (SSSR count). The fourth-order valence-electron chi connectivity index (χ4n) is 1.64. The predicted octanol–water partition coefficient (Wildman–Crippen LogP) is 3.14. The SMILES string of the molecule is C1CCCCC1.CC(=O)CC(C)C.O. The summed E-state index contributed by atoms with van der Waals surface area (Å²) in [5.41, 5.74) is 0. The van der Waals surface area contributed by atoms with E-state index in [0.29, 0.717) is 5.92 Å². The number of carbonyl (C=O) groups is 1. The van der Waals surface area contributed by atoms with Crippen LogP contribution in [0.15, 0.2) is 0 Å². The first-order valence-electron chi connectivity index (χ1n) is 5.62. The van der Waals surface area contributed by atoms with Gasteiger partial charge in [0.1, 0.15) is 5.78 Å². The van der Waals surface area contributed by atoms with Crippen molar-refractivity contribution >= 4 is 5.78 Å². The highest BCUT2D eigenvalue weighted by atomic mass is 16.1. The Hall–Kier alpha value is -0.370. The van der Waals surface area contributed by atoms with E-state index in [1.54, 1.807) is 6.92 Å². The van der Waals surface area contributed by atoms with Gasteiger partial charge >= 0.3 is 0 Å². The molecule has 0 aromatic carbocycles. The van der Waals surface area contributed by atoms with Gasteiger partial charge in [0.15, 0.2) is 0 Å². The maximum absolute atomic E-state index is 10.3. The van der Waals surface area contributed by atoms with Gasteiger partial charge in [-0.15, -0.1) is 0 Å². The average Bonchev–Trinajstić information content (AvgIpc) is 2.06. The molecular weight excluding hydrogens is 176 g/mol. The Labute approximate surface area is 88.4 Å². The van der Waals surface area contributed by atoms with Crippen LogP contribution in [0.25, 0.3) is 0 Å². The van der Waals surface area contributed by atoms with E-state index in [9.17, 15) is 4.79 Å². The van der Waals surface area contributed by atoms with Crippen LogP contribution < -0.4 is 0 Å². The van der Waals surface area contributed by atoms with Gasteiger partial charge in [0, 0.05) is 6.42 Å². The number of rotatable bonds is 2. The monoisotopic (exact) mass is 202 g/mol. The first kappa shape index (κ1) is 16.1. The van der Waals surface area contributed by atoms with Crippen LogP contribution >= 0.6 is 0 Å². The molecule has 0 spiro atoms. The summed E-state index contributed by atoms with van der Waals surface area (Å²) in [6.07, 6.45) is 9.72. The zero-order valence-corrected chi connectivity index (χ0v) is 9.94. The molecule has 0 aromatic heterocycles. The second kappa shape index (κ2) is 10.7. The molecule has 0 radical (unpaired) electrons. The Kier molecular flexibility index (Phi) is 12.3. The summed E-state index contributed by atoms with van der Waals surface area (Å²) < 4.78 is 0. The Morgan fingerprint density at radius 3 is 1.36 bits per heavy atom. The van der Waals surface area contributed by atoms with Crippen LogP contribution in [0.1, 0.15) is 65.7 Å². The first-order valence-corrected chi connectivity index (χ1v) is 5.62. The summed E-state index contributed by atoms with van der Waals surface area (Å²) in [5, 5.41) is 0. The molecule has 1 aliphatic rings. The van der Waals surface area contributed by atoms with Gasteiger partial charge < -0.3 is 10.3 Å². The second-order valence-corrected chi connectivity index (χ2v) is 4.42. The second-order valence-electron chi connectivity index (χ2n) is 4.42. The van der Waals surface area contributed by atoms with Crippen molar-refractivity contribution < 1.29 is 10.3 Å². The molecule has 86 valence electrons. The van der Waals surface area contributed by atoms with Crippen LogP contribution in [-0.2, 0) is 4.79 Å². The Morgan fingerprint density at radius 2 is 1.29 bits per heavy atom. The van der Waals surface area contributed by atoms with E-state index in [1.807, 2.05) is 13.8 Å². The zero-order chi connectivity index (χ0) is 10.1. The standard InChI is InChI=1S/C6H12O.C6H12.H2O/c1-5(2)4-6(3)7;1-2-4-6-5-3-1;/h5H,4H2,1-3H3;1-6H2;1H2. The van der Waals surface area contributed by atoms with Crippen LogP contribution in [0, 0.1) is 5.92 Å². The molecule has 0 saturated heterocycles. The smallest absolute Gasteiger partial charge is 0.130 e. The lowest BCUT2D eigenvalue weighted by Crippen LogP contribution is -1.95. The Morgan fingerprint density at radius 1 is 1.00 bits per heavy atom. The lowest BCUT2D eigenvalue weighted by atomic mass is 10.0. The quantitative estimate of drug-likeness (QED) is 0.678. The molecule has 2 nitrogen and oxygen atoms in total. The third kappa shape index (κ3) is 14.2. The molecule has 1 saturated carbocycles. The van der Waals surface area contributed by atoms with Gasteiger partial charge in [-0.25, -0.2) is 0 Å². The average molecular weight is 202 g/mol. The van der Waals surface area contributed by atoms with E-state index < -0.39 is 0 Å². The van der Waals surface area contributed by atoms with E-state index in [-0.39, 0.29) is 11.3 Å². The summed E-state index contributed by atoms with van der Waals surface area (Å²) in [6, 6.07) is 0. The van der Waals surface area contributed by atoms with E-state index in [1.165, 1.54) is 38.5 Å². The van der Waals surface area contributed by atoms with Gasteiger partial charge in [-0.1, -0.05) is 52.4 Å². The minimum atomic E-state index is 0. The molecule has 0 heterocycles. The molecule has 0 aromatic rings. The predicted molar refractivity (Wildman–Crippen MR) is 61.5 cm³/mol. The summed E-state index contributed by atoms with van der Waals surface area (Å²) in [5.74, 6) is 0.813. The number of hydrogen-bond donors (Lipinski definition) is 0. The molecule has 2 heteroatoms. The fourth-order valence-corrected chi connectivity index (χ4v) is 1.64. The molecule has 1 aliphatic carbocycles. The van der Waals surface area contributed by atoms with Crippen molar-refractivity contribution in [3.05, 3.63) is 0 Å². The van der Waals surface area contributed by atoms with E-state index in [0.717, 1.165) is 6.42 Å². The molecule has 0 aliphatic heterocycles. The van der Waals surface area contributed by atoms with Crippen molar-refractivity contribution in [2.24, 2.45) is 5.92 Å². The molecule has 0 bridgehead atoms. The summed E-state index contributed by atoms with van der Waals surface area (Å²) in [7, 11) is 0.